The van der Waals surface area contributed by atoms with E-state index >= 15 is 0 Å². The van der Waals surface area contributed by atoms with Gasteiger partial charge in [-0.15, -0.1) is 0 Å². The molecule has 0 rings (SSSR count). The average Bonchev–Trinajstić information content (AvgIpc) is 2.02. The van der Waals surface area contributed by atoms with E-state index in [9.17, 15) is 4.79 Å². The third-order valence-corrected chi connectivity index (χ3v) is 2.39. The van der Waals surface area contributed by atoms with Crippen molar-refractivity contribution in [2.45, 2.75) is 59.2 Å². The molecule has 0 saturated carbocycles. The molecule has 3 nitrogen and oxygen atoms in total. The van der Waals surface area contributed by atoms with Crippen LogP contribution in [0, 0.1) is 0 Å². The predicted octanol–water partition coefficient (Wildman–Crippen LogP) is 2.06. The number of methoxy groups -OCH3 is 1. The van der Waals surface area contributed by atoms with Crippen molar-refractivity contribution in [2.24, 2.45) is 0 Å². The normalized spacial score (nSPS) is 13.8. The molecular formula is C11H23NO2. The summed E-state index contributed by atoms with van der Waals surface area (Å²) in [4.78, 5) is 13.4. The monoisotopic (exact) mass is 201 g/mol. The minimum absolute atomic E-state index is 0.135. The molecule has 14 heavy (non-hydrogen) atoms. The highest BCUT2D eigenvalue weighted by Crippen LogP contribution is 2.13. The lowest BCUT2D eigenvalue weighted by Crippen LogP contribution is -2.44. The first-order chi connectivity index (χ1) is 6.40. The molecule has 1 unspecified atom stereocenters. The Morgan fingerprint density at radius 3 is 1.86 bits per heavy atom. The van der Waals surface area contributed by atoms with Crippen LogP contribution in [0.25, 0.3) is 0 Å². The first kappa shape index (κ1) is 13.4. The van der Waals surface area contributed by atoms with Gasteiger partial charge in [-0.2, -0.15) is 0 Å². The minimum atomic E-state index is -0.135. The Bertz CT molecular complexity index is 170. The Kier molecular flexibility index (Phi) is 5.77. The lowest BCUT2D eigenvalue weighted by Gasteiger charge is -2.35. The van der Waals surface area contributed by atoms with Crippen LogP contribution in [0.15, 0.2) is 0 Å². The van der Waals surface area contributed by atoms with E-state index in [-0.39, 0.29) is 12.0 Å². The van der Waals surface area contributed by atoms with E-state index in [0.29, 0.717) is 18.5 Å². The van der Waals surface area contributed by atoms with Gasteiger partial charge in [0.25, 0.3) is 0 Å². The fourth-order valence-electron chi connectivity index (χ4n) is 2.04. The second-order valence-electron chi connectivity index (χ2n) is 4.26. The minimum Gasteiger partial charge on any atom is -0.469 e. The highest BCUT2D eigenvalue weighted by Gasteiger charge is 2.22. The average molecular weight is 201 g/mol. The maximum atomic E-state index is 11.1. The lowest BCUT2D eigenvalue weighted by molar-refractivity contribution is -0.142. The van der Waals surface area contributed by atoms with E-state index in [1.165, 1.54) is 7.11 Å². The summed E-state index contributed by atoms with van der Waals surface area (Å²) < 4.78 is 4.66. The number of rotatable bonds is 5. The first-order valence-corrected chi connectivity index (χ1v) is 5.24. The summed E-state index contributed by atoms with van der Waals surface area (Å²) in [6.07, 6.45) is 0.465. The van der Waals surface area contributed by atoms with E-state index in [1.54, 1.807) is 0 Å². The Morgan fingerprint density at radius 1 is 1.14 bits per heavy atom. The second-order valence-corrected chi connectivity index (χ2v) is 4.26. The molecule has 0 aliphatic carbocycles. The Balaban J connectivity index is 4.29. The van der Waals surface area contributed by atoms with Crippen LogP contribution in [-0.2, 0) is 9.53 Å². The molecule has 84 valence electrons. The van der Waals surface area contributed by atoms with Crippen LogP contribution < -0.4 is 0 Å². The number of carbonyl (C=O) groups is 1. The van der Waals surface area contributed by atoms with Crippen LogP contribution in [0.3, 0.4) is 0 Å². The van der Waals surface area contributed by atoms with Gasteiger partial charge >= 0.3 is 5.97 Å². The van der Waals surface area contributed by atoms with Gasteiger partial charge in [-0.25, -0.2) is 0 Å². The van der Waals surface area contributed by atoms with Gasteiger partial charge in [-0.1, -0.05) is 0 Å². The zero-order valence-corrected chi connectivity index (χ0v) is 10.2. The molecule has 1 atom stereocenters. The molecule has 0 spiro atoms. The number of hydrogen-bond donors (Lipinski definition) is 0. The summed E-state index contributed by atoms with van der Waals surface area (Å²) in [5, 5.41) is 0. The molecule has 0 aromatic carbocycles. The van der Waals surface area contributed by atoms with Crippen molar-refractivity contribution in [1.82, 2.24) is 4.90 Å². The van der Waals surface area contributed by atoms with Gasteiger partial charge in [0.1, 0.15) is 0 Å². The summed E-state index contributed by atoms with van der Waals surface area (Å²) in [6.45, 7) is 10.7. The van der Waals surface area contributed by atoms with Crippen molar-refractivity contribution >= 4 is 5.97 Å². The van der Waals surface area contributed by atoms with E-state index in [0.717, 1.165) is 0 Å². The smallest absolute Gasteiger partial charge is 0.307 e. The number of ether oxygens (including phenoxy) is 1. The molecule has 0 aromatic heterocycles. The SMILES string of the molecule is COC(=O)CC(C)N(C(C)C)C(C)C. The van der Waals surface area contributed by atoms with Gasteiger partial charge in [-0.05, 0) is 34.6 Å². The van der Waals surface area contributed by atoms with Crippen molar-refractivity contribution in [1.29, 1.82) is 0 Å². The largest absolute Gasteiger partial charge is 0.469 e. The standard InChI is InChI=1S/C11H23NO2/c1-8(2)12(9(3)4)10(5)7-11(13)14-6/h8-10H,7H2,1-6H3. The van der Waals surface area contributed by atoms with Crippen molar-refractivity contribution < 1.29 is 9.53 Å². The highest BCUT2D eigenvalue weighted by molar-refractivity contribution is 5.69. The molecule has 0 N–H and O–H groups in total. The summed E-state index contributed by atoms with van der Waals surface area (Å²) in [6, 6.07) is 1.15. The van der Waals surface area contributed by atoms with Crippen molar-refractivity contribution in [3.63, 3.8) is 0 Å². The van der Waals surface area contributed by atoms with Gasteiger partial charge in [0.2, 0.25) is 0 Å². The Labute approximate surface area is 87.4 Å². The molecule has 0 bridgehead atoms. The fourth-order valence-corrected chi connectivity index (χ4v) is 2.04. The molecule has 3 heteroatoms. The number of carbonyl (C=O) groups excluding carboxylic acids is 1. The van der Waals surface area contributed by atoms with Crippen LogP contribution in [-0.4, -0.2) is 36.1 Å². The van der Waals surface area contributed by atoms with E-state index in [1.807, 2.05) is 0 Å². The zero-order valence-electron chi connectivity index (χ0n) is 10.2. The van der Waals surface area contributed by atoms with E-state index < -0.39 is 0 Å². The van der Waals surface area contributed by atoms with Gasteiger partial charge in [0, 0.05) is 18.1 Å². The van der Waals surface area contributed by atoms with Gasteiger partial charge < -0.3 is 4.74 Å². The number of esters is 1. The zero-order chi connectivity index (χ0) is 11.3. The van der Waals surface area contributed by atoms with Crippen LogP contribution in [0.5, 0.6) is 0 Å². The molecule has 0 fully saturated rings. The van der Waals surface area contributed by atoms with Gasteiger partial charge in [0.15, 0.2) is 0 Å². The van der Waals surface area contributed by atoms with Crippen LogP contribution >= 0.6 is 0 Å². The highest BCUT2D eigenvalue weighted by atomic mass is 16.5. The Hall–Kier alpha value is -0.570. The van der Waals surface area contributed by atoms with Gasteiger partial charge in [0.05, 0.1) is 13.5 Å². The van der Waals surface area contributed by atoms with Crippen LogP contribution in [0.1, 0.15) is 41.0 Å². The number of nitrogens with zero attached hydrogens (tertiary/aromatic N) is 1. The third kappa shape index (κ3) is 4.09. The summed E-state index contributed by atoms with van der Waals surface area (Å²) in [7, 11) is 1.43. The molecule has 0 aliphatic rings. The number of hydrogen-bond acceptors (Lipinski definition) is 3. The summed E-state index contributed by atoms with van der Waals surface area (Å²) in [5.41, 5.74) is 0. The third-order valence-electron chi connectivity index (χ3n) is 2.39. The molecular weight excluding hydrogens is 178 g/mol. The first-order valence-electron chi connectivity index (χ1n) is 5.24. The van der Waals surface area contributed by atoms with Crippen molar-refractivity contribution in [3.05, 3.63) is 0 Å². The maximum Gasteiger partial charge on any atom is 0.307 e. The quantitative estimate of drug-likeness (QED) is 0.638. The van der Waals surface area contributed by atoms with Crippen molar-refractivity contribution in [2.75, 3.05) is 7.11 Å². The molecule has 0 amide bonds. The maximum absolute atomic E-state index is 11.1. The lowest BCUT2D eigenvalue weighted by atomic mass is 10.1. The predicted molar refractivity (Wildman–Crippen MR) is 58.2 cm³/mol. The van der Waals surface area contributed by atoms with Crippen LogP contribution in [0.4, 0.5) is 0 Å². The van der Waals surface area contributed by atoms with Crippen molar-refractivity contribution in [3.8, 4) is 0 Å². The van der Waals surface area contributed by atoms with E-state index in [2.05, 4.69) is 44.3 Å². The molecule has 0 aliphatic heterocycles. The topological polar surface area (TPSA) is 29.5 Å². The van der Waals surface area contributed by atoms with Gasteiger partial charge in [-0.3, -0.25) is 9.69 Å². The molecule has 0 heterocycles. The fraction of sp³-hybridized carbons (Fsp3) is 0.909. The summed E-state index contributed by atoms with van der Waals surface area (Å²) in [5.74, 6) is -0.135. The molecule has 0 aromatic rings. The molecule has 0 saturated heterocycles. The summed E-state index contributed by atoms with van der Waals surface area (Å²) >= 11 is 0. The second kappa shape index (κ2) is 6.02. The van der Waals surface area contributed by atoms with Crippen LogP contribution in [0.2, 0.25) is 0 Å². The molecule has 0 radical (unpaired) electrons. The van der Waals surface area contributed by atoms with E-state index in [4.69, 9.17) is 0 Å². The Morgan fingerprint density at radius 2 is 1.57 bits per heavy atom.